The van der Waals surface area contributed by atoms with Crippen LogP contribution in [-0.4, -0.2) is 15.1 Å². The van der Waals surface area contributed by atoms with Crippen LogP contribution < -0.4 is 0 Å². The monoisotopic (exact) mass is 296 g/mol. The number of aromatic nitrogens is 2. The van der Waals surface area contributed by atoms with Crippen LogP contribution in [0.15, 0.2) is 36.7 Å². The number of pyridine rings is 1. The van der Waals surface area contributed by atoms with Crippen molar-refractivity contribution in [2.45, 2.75) is 6.18 Å². The molecule has 102 valence electrons. The Morgan fingerprint density at radius 1 is 1.10 bits per heavy atom. The molecule has 2 aromatic heterocycles. The molecule has 0 unspecified atom stereocenters. The Morgan fingerprint density at radius 3 is 2.60 bits per heavy atom. The van der Waals surface area contributed by atoms with Gasteiger partial charge < -0.3 is 5.11 Å². The first kappa shape index (κ1) is 12.9. The molecule has 3 rings (SSSR count). The first-order chi connectivity index (χ1) is 9.43. The molecular formula is C13H7F3N2OS. The van der Waals surface area contributed by atoms with Gasteiger partial charge in [-0.05, 0) is 24.3 Å². The van der Waals surface area contributed by atoms with E-state index < -0.39 is 11.7 Å². The molecule has 1 N–H and O–H groups in total. The molecule has 2 heterocycles. The highest BCUT2D eigenvalue weighted by Crippen LogP contribution is 2.35. The van der Waals surface area contributed by atoms with Gasteiger partial charge in [0, 0.05) is 11.8 Å². The van der Waals surface area contributed by atoms with Crippen molar-refractivity contribution < 1.29 is 18.3 Å². The number of hydrogen-bond donors (Lipinski definition) is 1. The quantitative estimate of drug-likeness (QED) is 0.736. The number of alkyl halides is 3. The van der Waals surface area contributed by atoms with E-state index in [-0.39, 0.29) is 11.3 Å². The van der Waals surface area contributed by atoms with Crippen LogP contribution in [0, 0.1) is 0 Å². The second kappa shape index (κ2) is 4.45. The summed E-state index contributed by atoms with van der Waals surface area (Å²) in [5.74, 6) is -0.0160. The molecular weight excluding hydrogens is 289 g/mol. The van der Waals surface area contributed by atoms with E-state index in [0.29, 0.717) is 15.3 Å². The number of rotatable bonds is 1. The van der Waals surface area contributed by atoms with Gasteiger partial charge in [-0.15, -0.1) is 11.3 Å². The molecule has 0 bridgehead atoms. The maximum atomic E-state index is 12.6. The van der Waals surface area contributed by atoms with Crippen molar-refractivity contribution in [2.24, 2.45) is 0 Å². The molecule has 3 nitrogen and oxygen atoms in total. The van der Waals surface area contributed by atoms with Crippen LogP contribution in [0.5, 0.6) is 5.75 Å². The fraction of sp³-hybridized carbons (Fsp3) is 0.0769. The van der Waals surface area contributed by atoms with E-state index in [1.807, 2.05) is 0 Å². The number of hydrogen-bond acceptors (Lipinski definition) is 4. The predicted octanol–water partition coefficient (Wildman–Crippen LogP) is 4.08. The maximum absolute atomic E-state index is 12.6. The van der Waals surface area contributed by atoms with Gasteiger partial charge in [0.1, 0.15) is 10.8 Å². The summed E-state index contributed by atoms with van der Waals surface area (Å²) in [5.41, 5.74) is 0.124. The number of thiazole rings is 1. The maximum Gasteiger partial charge on any atom is 0.416 e. The van der Waals surface area contributed by atoms with Crippen molar-refractivity contribution >= 4 is 21.6 Å². The standard InChI is InChI=1S/C13H7F3N2OS/c14-13(15,16)8-1-2-11-10(4-8)18-12(20-11)7-3-9(19)6-17-5-7/h1-6,19H. The molecule has 0 saturated carbocycles. The summed E-state index contributed by atoms with van der Waals surface area (Å²) in [6.07, 6.45) is -1.61. The molecule has 20 heavy (non-hydrogen) atoms. The van der Waals surface area contributed by atoms with Gasteiger partial charge in [0.2, 0.25) is 0 Å². The topological polar surface area (TPSA) is 46.0 Å². The fourth-order valence-electron chi connectivity index (χ4n) is 1.77. The molecule has 7 heteroatoms. The molecule has 1 aromatic carbocycles. The third-order valence-corrected chi connectivity index (χ3v) is 3.77. The van der Waals surface area contributed by atoms with Crippen LogP contribution in [0.4, 0.5) is 13.2 Å². The number of benzene rings is 1. The van der Waals surface area contributed by atoms with Crippen molar-refractivity contribution in [3.63, 3.8) is 0 Å². The lowest BCUT2D eigenvalue weighted by molar-refractivity contribution is -0.137. The highest BCUT2D eigenvalue weighted by atomic mass is 32.1. The second-order valence-electron chi connectivity index (χ2n) is 4.13. The van der Waals surface area contributed by atoms with Crippen LogP contribution in [-0.2, 0) is 6.18 Å². The minimum atomic E-state index is -4.38. The zero-order valence-corrected chi connectivity index (χ0v) is 10.7. The number of halogens is 3. The van der Waals surface area contributed by atoms with Crippen molar-refractivity contribution in [3.8, 4) is 16.3 Å². The van der Waals surface area contributed by atoms with Gasteiger partial charge >= 0.3 is 6.18 Å². The molecule has 0 fully saturated rings. The van der Waals surface area contributed by atoms with Crippen molar-refractivity contribution in [1.29, 1.82) is 0 Å². The molecule has 0 atom stereocenters. The van der Waals surface area contributed by atoms with Crippen molar-refractivity contribution in [3.05, 3.63) is 42.2 Å². The Labute approximate surface area is 115 Å². The number of nitrogens with zero attached hydrogens (tertiary/aromatic N) is 2. The van der Waals surface area contributed by atoms with E-state index in [0.717, 1.165) is 12.1 Å². The van der Waals surface area contributed by atoms with Crippen molar-refractivity contribution in [2.75, 3.05) is 0 Å². The Morgan fingerprint density at radius 2 is 1.90 bits per heavy atom. The van der Waals surface area contributed by atoms with Gasteiger partial charge in [-0.2, -0.15) is 13.2 Å². The average Bonchev–Trinajstić information content (AvgIpc) is 2.80. The van der Waals surface area contributed by atoms with Crippen LogP contribution >= 0.6 is 11.3 Å². The van der Waals surface area contributed by atoms with E-state index in [1.54, 1.807) is 0 Å². The molecule has 0 radical (unpaired) electrons. The Balaban J connectivity index is 2.11. The summed E-state index contributed by atoms with van der Waals surface area (Å²) in [5, 5.41) is 9.88. The van der Waals surface area contributed by atoms with Gasteiger partial charge in [-0.25, -0.2) is 4.98 Å². The van der Waals surface area contributed by atoms with Gasteiger partial charge in [-0.3, -0.25) is 4.98 Å². The van der Waals surface area contributed by atoms with Gasteiger partial charge in [-0.1, -0.05) is 0 Å². The van der Waals surface area contributed by atoms with Crippen LogP contribution in [0.2, 0.25) is 0 Å². The third-order valence-electron chi connectivity index (χ3n) is 2.69. The highest BCUT2D eigenvalue weighted by Gasteiger charge is 2.30. The van der Waals surface area contributed by atoms with Gasteiger partial charge in [0.25, 0.3) is 0 Å². The summed E-state index contributed by atoms with van der Waals surface area (Å²) in [7, 11) is 0. The number of fused-ring (bicyclic) bond motifs is 1. The zero-order chi connectivity index (χ0) is 14.3. The SMILES string of the molecule is Oc1cncc(-c2nc3cc(C(F)(F)F)ccc3s2)c1. The lowest BCUT2D eigenvalue weighted by atomic mass is 10.2. The minimum absolute atomic E-state index is 0.0160. The van der Waals surface area contributed by atoms with E-state index in [4.69, 9.17) is 0 Å². The third kappa shape index (κ3) is 2.32. The average molecular weight is 296 g/mol. The van der Waals surface area contributed by atoms with E-state index in [1.165, 1.54) is 35.9 Å². The Hall–Kier alpha value is -2.15. The summed E-state index contributed by atoms with van der Waals surface area (Å²) in [6.45, 7) is 0. The highest BCUT2D eigenvalue weighted by molar-refractivity contribution is 7.21. The predicted molar refractivity (Wildman–Crippen MR) is 69.5 cm³/mol. The Kier molecular flexibility index (Phi) is 2.86. The smallest absolute Gasteiger partial charge is 0.416 e. The molecule has 0 saturated heterocycles. The van der Waals surface area contributed by atoms with Crippen LogP contribution in [0.3, 0.4) is 0 Å². The van der Waals surface area contributed by atoms with E-state index in [9.17, 15) is 18.3 Å². The van der Waals surface area contributed by atoms with Gasteiger partial charge in [0.15, 0.2) is 0 Å². The minimum Gasteiger partial charge on any atom is -0.506 e. The van der Waals surface area contributed by atoms with Gasteiger partial charge in [0.05, 0.1) is 22.0 Å². The first-order valence-corrected chi connectivity index (χ1v) is 6.37. The molecule has 0 amide bonds. The lowest BCUT2D eigenvalue weighted by Gasteiger charge is -2.04. The van der Waals surface area contributed by atoms with E-state index >= 15 is 0 Å². The van der Waals surface area contributed by atoms with Crippen LogP contribution in [0.25, 0.3) is 20.8 Å². The largest absolute Gasteiger partial charge is 0.506 e. The molecule has 0 aliphatic heterocycles. The summed E-state index contributed by atoms with van der Waals surface area (Å²) in [4.78, 5) is 7.99. The zero-order valence-electron chi connectivity index (χ0n) is 9.85. The Bertz CT molecular complexity index is 783. The molecule has 0 aliphatic rings. The van der Waals surface area contributed by atoms with E-state index in [2.05, 4.69) is 9.97 Å². The fourth-order valence-corrected chi connectivity index (χ4v) is 2.70. The first-order valence-electron chi connectivity index (χ1n) is 5.56. The molecule has 3 aromatic rings. The normalized spacial score (nSPS) is 11.9. The number of aromatic hydroxyl groups is 1. The lowest BCUT2D eigenvalue weighted by Crippen LogP contribution is -2.03. The summed E-state index contributed by atoms with van der Waals surface area (Å²) < 4.78 is 38.5. The summed E-state index contributed by atoms with van der Waals surface area (Å²) in [6, 6.07) is 4.92. The van der Waals surface area contributed by atoms with Crippen LogP contribution in [0.1, 0.15) is 5.56 Å². The molecule has 0 aliphatic carbocycles. The summed E-state index contributed by atoms with van der Waals surface area (Å²) >= 11 is 1.25. The second-order valence-corrected chi connectivity index (χ2v) is 5.16. The van der Waals surface area contributed by atoms with Crippen molar-refractivity contribution in [1.82, 2.24) is 9.97 Å². The molecule has 0 spiro atoms.